The number of nitrogens with zero attached hydrogens (tertiary/aromatic N) is 1. The summed E-state index contributed by atoms with van der Waals surface area (Å²) in [4.78, 5) is 10.5. The van der Waals surface area contributed by atoms with E-state index in [4.69, 9.17) is 5.11 Å². The van der Waals surface area contributed by atoms with Crippen LogP contribution in [0, 0.1) is 0 Å². The summed E-state index contributed by atoms with van der Waals surface area (Å²) in [5.41, 5.74) is 0. The first-order chi connectivity index (χ1) is 5.84. The third-order valence-electron chi connectivity index (χ3n) is 1.84. The fourth-order valence-electron chi connectivity index (χ4n) is 1.18. The zero-order valence-electron chi connectivity index (χ0n) is 7.39. The average molecular weight is 208 g/mol. The Labute approximate surface area is 76.7 Å². The van der Waals surface area contributed by atoms with Gasteiger partial charge < -0.3 is 5.11 Å². The van der Waals surface area contributed by atoms with Crippen molar-refractivity contribution in [3.8, 4) is 0 Å². The lowest BCUT2D eigenvalue weighted by molar-refractivity contribution is -0.138. The zero-order valence-corrected chi connectivity index (χ0v) is 8.21. The second kappa shape index (κ2) is 3.24. The molecule has 1 atom stereocenters. The molecule has 13 heavy (non-hydrogen) atoms. The molecule has 1 aliphatic rings. The first-order valence-electron chi connectivity index (χ1n) is 3.86. The van der Waals surface area contributed by atoms with Gasteiger partial charge in [0, 0.05) is 12.6 Å². The Hall–Kier alpha value is -0.660. The highest BCUT2D eigenvalue weighted by atomic mass is 32.2. The number of rotatable bonds is 2. The van der Waals surface area contributed by atoms with Gasteiger partial charge in [-0.25, -0.2) is 0 Å². The van der Waals surface area contributed by atoms with Crippen LogP contribution in [-0.2, 0) is 15.0 Å². The van der Waals surface area contributed by atoms with Crippen LogP contribution in [0.5, 0.6) is 0 Å². The average Bonchev–Trinajstić information content (AvgIpc) is 2.25. The zero-order chi connectivity index (χ0) is 10.2. The van der Waals surface area contributed by atoms with Gasteiger partial charge in [0.15, 0.2) is 0 Å². The summed E-state index contributed by atoms with van der Waals surface area (Å²) >= 11 is 0. The predicted molar refractivity (Wildman–Crippen MR) is 45.3 cm³/mol. The maximum Gasteiger partial charge on any atom is 0.323 e. The first-order valence-corrected chi connectivity index (χ1v) is 5.30. The minimum Gasteiger partial charge on any atom is -0.480 e. The molecule has 0 bridgehead atoms. The number of hydrogen-bond donors (Lipinski definition) is 2. The van der Waals surface area contributed by atoms with E-state index in [0.29, 0.717) is 0 Å². The number of carbonyl (C=O) groups is 1. The van der Waals surface area contributed by atoms with Crippen molar-refractivity contribution in [3.05, 3.63) is 0 Å². The van der Waals surface area contributed by atoms with Crippen LogP contribution in [0.4, 0.5) is 0 Å². The Kier molecular flexibility index (Phi) is 2.60. The molecule has 1 unspecified atom stereocenters. The van der Waals surface area contributed by atoms with Crippen LogP contribution in [-0.4, -0.2) is 42.4 Å². The lowest BCUT2D eigenvalue weighted by Crippen LogP contribution is -2.35. The minimum atomic E-state index is -3.58. The smallest absolute Gasteiger partial charge is 0.323 e. The van der Waals surface area contributed by atoms with Gasteiger partial charge >= 0.3 is 5.97 Å². The summed E-state index contributed by atoms with van der Waals surface area (Å²) in [5.74, 6) is -1.15. The van der Waals surface area contributed by atoms with Crippen LogP contribution in [0.1, 0.15) is 13.8 Å². The minimum absolute atomic E-state index is 0.00463. The molecule has 1 aliphatic heterocycles. The first kappa shape index (κ1) is 10.4. The van der Waals surface area contributed by atoms with E-state index in [2.05, 4.69) is 4.72 Å². The highest BCUT2D eigenvalue weighted by Crippen LogP contribution is 2.13. The summed E-state index contributed by atoms with van der Waals surface area (Å²) in [6.07, 6.45) is 0. The second-order valence-electron chi connectivity index (χ2n) is 3.18. The summed E-state index contributed by atoms with van der Waals surface area (Å²) in [5, 5.41) is 8.59. The number of carboxylic acids is 1. The molecule has 2 N–H and O–H groups in total. The van der Waals surface area contributed by atoms with Crippen molar-refractivity contribution in [2.75, 3.05) is 6.54 Å². The number of aliphatic carboxylic acids is 1. The summed E-state index contributed by atoms with van der Waals surface area (Å²) in [7, 11) is -3.58. The molecule has 1 saturated heterocycles. The predicted octanol–water partition coefficient (Wildman–Crippen LogP) is -1.00. The standard InChI is InChI=1S/C6H12N2O4S/c1-4(2)8-3-5(6(9)10)7-13(8,11)12/h4-5,7H,3H2,1-2H3,(H,9,10). The van der Waals surface area contributed by atoms with Gasteiger partial charge in [-0.05, 0) is 13.8 Å². The van der Waals surface area contributed by atoms with Crippen LogP contribution in [0.25, 0.3) is 0 Å². The van der Waals surface area contributed by atoms with Crippen LogP contribution in [0.15, 0.2) is 0 Å². The normalized spacial score (nSPS) is 28.1. The molecule has 0 aromatic carbocycles. The van der Waals surface area contributed by atoms with Gasteiger partial charge in [0.1, 0.15) is 6.04 Å². The van der Waals surface area contributed by atoms with Crippen LogP contribution in [0.3, 0.4) is 0 Å². The molecule has 0 amide bonds. The molecule has 0 radical (unpaired) electrons. The van der Waals surface area contributed by atoms with E-state index in [1.165, 1.54) is 0 Å². The van der Waals surface area contributed by atoms with Gasteiger partial charge in [0.05, 0.1) is 0 Å². The van der Waals surface area contributed by atoms with Crippen molar-refractivity contribution >= 4 is 16.2 Å². The Morgan fingerprint density at radius 3 is 2.38 bits per heavy atom. The van der Waals surface area contributed by atoms with Crippen LogP contribution >= 0.6 is 0 Å². The largest absolute Gasteiger partial charge is 0.480 e. The van der Waals surface area contributed by atoms with E-state index in [1.807, 2.05) is 0 Å². The molecule has 0 spiro atoms. The van der Waals surface area contributed by atoms with Gasteiger partial charge in [0.2, 0.25) is 0 Å². The van der Waals surface area contributed by atoms with Crippen molar-refractivity contribution in [2.45, 2.75) is 25.9 Å². The maximum absolute atomic E-state index is 11.3. The van der Waals surface area contributed by atoms with Gasteiger partial charge in [0.25, 0.3) is 10.2 Å². The molecule has 76 valence electrons. The van der Waals surface area contributed by atoms with Crippen molar-refractivity contribution < 1.29 is 18.3 Å². The van der Waals surface area contributed by atoms with Gasteiger partial charge in [-0.15, -0.1) is 0 Å². The molecule has 6 nitrogen and oxygen atoms in total. The van der Waals surface area contributed by atoms with E-state index < -0.39 is 22.2 Å². The Morgan fingerprint density at radius 2 is 2.15 bits per heavy atom. The molecule has 1 heterocycles. The van der Waals surface area contributed by atoms with E-state index in [0.717, 1.165) is 4.31 Å². The van der Waals surface area contributed by atoms with Crippen molar-refractivity contribution in [1.82, 2.24) is 9.03 Å². The quantitative estimate of drug-likeness (QED) is 0.609. The molecule has 7 heteroatoms. The molecule has 0 saturated carbocycles. The molecule has 0 aromatic heterocycles. The van der Waals surface area contributed by atoms with E-state index >= 15 is 0 Å². The van der Waals surface area contributed by atoms with Gasteiger partial charge in [-0.3, -0.25) is 4.79 Å². The summed E-state index contributed by atoms with van der Waals surface area (Å²) < 4.78 is 25.7. The van der Waals surface area contributed by atoms with Crippen molar-refractivity contribution in [3.63, 3.8) is 0 Å². The van der Waals surface area contributed by atoms with E-state index in [1.54, 1.807) is 13.8 Å². The Morgan fingerprint density at radius 1 is 1.62 bits per heavy atom. The fourth-order valence-corrected chi connectivity index (χ4v) is 2.75. The highest BCUT2D eigenvalue weighted by molar-refractivity contribution is 7.87. The Balaban J connectivity index is 2.86. The van der Waals surface area contributed by atoms with E-state index in [9.17, 15) is 13.2 Å². The highest BCUT2D eigenvalue weighted by Gasteiger charge is 2.40. The summed E-state index contributed by atoms with van der Waals surface area (Å²) in [6.45, 7) is 3.39. The SMILES string of the molecule is CC(C)N1CC(C(=O)O)NS1(=O)=O. The third-order valence-corrected chi connectivity index (χ3v) is 3.61. The molecule has 1 rings (SSSR count). The van der Waals surface area contributed by atoms with Crippen molar-refractivity contribution in [2.24, 2.45) is 0 Å². The molecular formula is C6H12N2O4S. The molecule has 1 fully saturated rings. The van der Waals surface area contributed by atoms with Gasteiger partial charge in [-0.2, -0.15) is 17.4 Å². The number of nitrogens with one attached hydrogen (secondary N) is 1. The number of carboxylic acid groups (broad SMARTS) is 1. The lowest BCUT2D eigenvalue weighted by atomic mass is 10.3. The molecule has 0 aliphatic carbocycles. The fraction of sp³-hybridized carbons (Fsp3) is 0.833. The van der Waals surface area contributed by atoms with Gasteiger partial charge in [-0.1, -0.05) is 0 Å². The summed E-state index contributed by atoms with van der Waals surface area (Å²) in [6, 6.07) is -1.24. The van der Waals surface area contributed by atoms with Crippen LogP contribution < -0.4 is 4.72 Å². The van der Waals surface area contributed by atoms with Crippen LogP contribution in [0.2, 0.25) is 0 Å². The maximum atomic E-state index is 11.3. The third kappa shape index (κ3) is 1.98. The molecular weight excluding hydrogens is 196 g/mol. The number of hydrogen-bond acceptors (Lipinski definition) is 3. The monoisotopic (exact) mass is 208 g/mol. The molecule has 0 aromatic rings. The second-order valence-corrected chi connectivity index (χ2v) is 4.83. The van der Waals surface area contributed by atoms with E-state index in [-0.39, 0.29) is 12.6 Å². The Bertz CT molecular complexity index is 311. The topological polar surface area (TPSA) is 86.7 Å². The van der Waals surface area contributed by atoms with Crippen molar-refractivity contribution in [1.29, 1.82) is 0 Å². The lowest BCUT2D eigenvalue weighted by Gasteiger charge is -2.16.